The molecule has 0 radical (unpaired) electrons. The summed E-state index contributed by atoms with van der Waals surface area (Å²) in [7, 11) is 0. The number of fused-ring (bicyclic) bond motifs is 1. The summed E-state index contributed by atoms with van der Waals surface area (Å²) in [5.41, 5.74) is 4.43. The van der Waals surface area contributed by atoms with E-state index in [9.17, 15) is 4.39 Å². The number of aliphatic imine (C=N–C) groups is 1. The summed E-state index contributed by atoms with van der Waals surface area (Å²) >= 11 is 0. The van der Waals surface area contributed by atoms with E-state index in [1.54, 1.807) is 12.1 Å². The van der Waals surface area contributed by atoms with Crippen molar-refractivity contribution in [3.05, 3.63) is 70.7 Å². The number of halogens is 2. The number of hydrogen-bond donors (Lipinski definition) is 3. The number of H-pyrrole nitrogens is 1. The first kappa shape index (κ1) is 22.7. The predicted octanol–water partition coefficient (Wildman–Crippen LogP) is 4.40. The first-order chi connectivity index (χ1) is 13.6. The molecule has 3 N–H and O–H groups in total. The number of rotatable bonds is 6. The largest absolute Gasteiger partial charge is 0.361 e. The third kappa shape index (κ3) is 5.70. The Morgan fingerprint density at radius 3 is 2.76 bits per heavy atom. The van der Waals surface area contributed by atoms with E-state index in [0.29, 0.717) is 30.2 Å². The first-order valence-corrected chi connectivity index (χ1v) is 9.38. The van der Waals surface area contributed by atoms with Gasteiger partial charge >= 0.3 is 0 Å². The lowest BCUT2D eigenvalue weighted by Crippen LogP contribution is -2.38. The third-order valence-electron chi connectivity index (χ3n) is 4.62. The van der Waals surface area contributed by atoms with E-state index in [1.165, 1.54) is 22.6 Å². The van der Waals surface area contributed by atoms with Crippen LogP contribution in [-0.2, 0) is 13.0 Å². The van der Waals surface area contributed by atoms with Crippen molar-refractivity contribution in [2.45, 2.75) is 26.8 Å². The monoisotopic (exact) mass is 505 g/mol. The van der Waals surface area contributed by atoms with Crippen LogP contribution in [-0.4, -0.2) is 24.0 Å². The van der Waals surface area contributed by atoms with Crippen LogP contribution in [0.3, 0.4) is 0 Å². The van der Waals surface area contributed by atoms with Crippen LogP contribution in [0.15, 0.2) is 47.6 Å². The van der Waals surface area contributed by atoms with Gasteiger partial charge in [-0.2, -0.15) is 5.26 Å². The van der Waals surface area contributed by atoms with Gasteiger partial charge in [0.15, 0.2) is 5.96 Å². The molecule has 1 heterocycles. The lowest BCUT2D eigenvalue weighted by molar-refractivity contribution is 0.609. The normalized spacial score (nSPS) is 11.0. The lowest BCUT2D eigenvalue weighted by Gasteiger charge is -2.11. The average Bonchev–Trinajstić information content (AvgIpc) is 3.11. The van der Waals surface area contributed by atoms with Crippen molar-refractivity contribution in [3.8, 4) is 6.07 Å². The summed E-state index contributed by atoms with van der Waals surface area (Å²) in [4.78, 5) is 7.78. The Morgan fingerprint density at radius 2 is 2.03 bits per heavy atom. The van der Waals surface area contributed by atoms with Crippen LogP contribution >= 0.6 is 24.0 Å². The summed E-state index contributed by atoms with van der Waals surface area (Å²) in [6.07, 6.45) is 2.90. The third-order valence-corrected chi connectivity index (χ3v) is 4.62. The van der Waals surface area contributed by atoms with Crippen LogP contribution in [0.4, 0.5) is 4.39 Å². The second-order valence-corrected chi connectivity index (χ2v) is 6.60. The maximum Gasteiger partial charge on any atom is 0.191 e. The summed E-state index contributed by atoms with van der Waals surface area (Å²) < 4.78 is 14.0. The molecule has 0 saturated carbocycles. The fourth-order valence-corrected chi connectivity index (χ4v) is 3.22. The number of nitrogens with one attached hydrogen (secondary N) is 3. The van der Waals surface area contributed by atoms with Crippen molar-refractivity contribution in [2.24, 2.45) is 4.99 Å². The Labute approximate surface area is 187 Å². The molecular weight excluding hydrogens is 480 g/mol. The molecule has 152 valence electrons. The van der Waals surface area contributed by atoms with Gasteiger partial charge in [-0.15, -0.1) is 24.0 Å². The Balaban J connectivity index is 0.00000300. The number of aryl methyl sites for hydroxylation is 1. The zero-order chi connectivity index (χ0) is 19.9. The van der Waals surface area contributed by atoms with Crippen molar-refractivity contribution in [3.63, 3.8) is 0 Å². The van der Waals surface area contributed by atoms with Gasteiger partial charge in [-0.3, -0.25) is 0 Å². The first-order valence-electron chi connectivity index (χ1n) is 9.38. The summed E-state index contributed by atoms with van der Waals surface area (Å²) in [6, 6.07) is 12.6. The van der Waals surface area contributed by atoms with Crippen LogP contribution in [0.2, 0.25) is 0 Å². The Kier molecular flexibility index (Phi) is 8.46. The van der Waals surface area contributed by atoms with Crippen molar-refractivity contribution in [2.75, 3.05) is 13.1 Å². The molecule has 0 bridgehead atoms. The molecular formula is C22H25FIN5. The van der Waals surface area contributed by atoms with Crippen molar-refractivity contribution < 1.29 is 4.39 Å². The highest BCUT2D eigenvalue weighted by atomic mass is 127. The smallest absolute Gasteiger partial charge is 0.191 e. The van der Waals surface area contributed by atoms with Gasteiger partial charge in [-0.05, 0) is 49.6 Å². The highest BCUT2D eigenvalue weighted by Gasteiger charge is 2.07. The fourth-order valence-electron chi connectivity index (χ4n) is 3.22. The molecule has 5 nitrogen and oxygen atoms in total. The van der Waals surface area contributed by atoms with E-state index in [4.69, 9.17) is 5.26 Å². The van der Waals surface area contributed by atoms with E-state index >= 15 is 0 Å². The summed E-state index contributed by atoms with van der Waals surface area (Å²) in [6.45, 7) is 5.74. The number of guanidine groups is 1. The van der Waals surface area contributed by atoms with Gasteiger partial charge in [0.05, 0.1) is 18.2 Å². The number of hydrogen-bond acceptors (Lipinski definition) is 2. The minimum Gasteiger partial charge on any atom is -0.361 e. The molecule has 0 amide bonds. The van der Waals surface area contributed by atoms with Gasteiger partial charge in [0.1, 0.15) is 5.82 Å². The van der Waals surface area contributed by atoms with Crippen molar-refractivity contribution in [1.29, 1.82) is 5.26 Å². The second-order valence-electron chi connectivity index (χ2n) is 6.60. The quantitative estimate of drug-likeness (QED) is 0.264. The number of nitrogens with zero attached hydrogens (tertiary/aromatic N) is 2. The topological polar surface area (TPSA) is 76.0 Å². The highest BCUT2D eigenvalue weighted by Crippen LogP contribution is 2.22. The van der Waals surface area contributed by atoms with E-state index in [-0.39, 0.29) is 30.5 Å². The van der Waals surface area contributed by atoms with E-state index in [1.807, 2.05) is 13.0 Å². The predicted molar refractivity (Wildman–Crippen MR) is 126 cm³/mol. The maximum absolute atomic E-state index is 14.0. The van der Waals surface area contributed by atoms with Crippen LogP contribution in [0.5, 0.6) is 0 Å². The van der Waals surface area contributed by atoms with Crippen LogP contribution in [0.25, 0.3) is 10.9 Å². The number of aromatic amines is 1. The Bertz CT molecular complexity index is 1040. The van der Waals surface area contributed by atoms with Crippen LogP contribution in [0, 0.1) is 24.1 Å². The SMILES string of the molecule is CCNC(=NCc1ccc(C#N)cc1F)NCCc1c[nH]c2cccc(C)c12.I. The van der Waals surface area contributed by atoms with Gasteiger partial charge in [-0.1, -0.05) is 18.2 Å². The summed E-state index contributed by atoms with van der Waals surface area (Å²) in [5.74, 6) is 0.232. The van der Waals surface area contributed by atoms with Gasteiger partial charge in [0.25, 0.3) is 0 Å². The molecule has 29 heavy (non-hydrogen) atoms. The molecule has 0 spiro atoms. The van der Waals surface area contributed by atoms with Gasteiger partial charge in [0, 0.05) is 35.8 Å². The molecule has 0 fully saturated rings. The maximum atomic E-state index is 14.0. The lowest BCUT2D eigenvalue weighted by atomic mass is 10.1. The van der Waals surface area contributed by atoms with Crippen molar-refractivity contribution >= 4 is 40.8 Å². The van der Waals surface area contributed by atoms with Gasteiger partial charge in [0.2, 0.25) is 0 Å². The van der Waals surface area contributed by atoms with Gasteiger partial charge in [-0.25, -0.2) is 9.38 Å². The van der Waals surface area contributed by atoms with Gasteiger partial charge < -0.3 is 15.6 Å². The Hall–Kier alpha value is -2.60. The fraction of sp³-hybridized carbons (Fsp3) is 0.273. The van der Waals surface area contributed by atoms with Crippen molar-refractivity contribution in [1.82, 2.24) is 15.6 Å². The zero-order valence-corrected chi connectivity index (χ0v) is 18.9. The van der Waals surface area contributed by atoms with E-state index in [2.05, 4.69) is 51.9 Å². The molecule has 1 aromatic heterocycles. The molecule has 2 aromatic carbocycles. The van der Waals surface area contributed by atoms with E-state index in [0.717, 1.165) is 11.9 Å². The molecule has 0 aliphatic heterocycles. The second kappa shape index (κ2) is 10.8. The number of nitriles is 1. The van der Waals surface area contributed by atoms with E-state index < -0.39 is 5.82 Å². The highest BCUT2D eigenvalue weighted by molar-refractivity contribution is 14.0. The minimum absolute atomic E-state index is 0. The molecule has 0 atom stereocenters. The standard InChI is InChI=1S/C22H24FN5.HI/c1-3-25-22(28-13-17-8-7-16(12-24)11-19(17)23)26-10-9-18-14-27-20-6-4-5-15(2)21(18)20;/h4-8,11,14,27H,3,9-10,13H2,1-2H3,(H2,25,26,28);1H. The zero-order valence-electron chi connectivity index (χ0n) is 16.6. The van der Waals surface area contributed by atoms with Crippen LogP contribution < -0.4 is 10.6 Å². The summed E-state index contributed by atoms with van der Waals surface area (Å²) in [5, 5.41) is 16.6. The molecule has 7 heteroatoms. The van der Waals surface area contributed by atoms with Crippen LogP contribution in [0.1, 0.15) is 29.2 Å². The molecule has 0 aliphatic rings. The average molecular weight is 505 g/mol. The number of benzene rings is 2. The Morgan fingerprint density at radius 1 is 1.21 bits per heavy atom. The molecule has 0 unspecified atom stereocenters. The molecule has 0 aliphatic carbocycles. The molecule has 3 rings (SSSR count). The molecule has 0 saturated heterocycles. The minimum atomic E-state index is -0.409. The number of aromatic nitrogens is 1. The molecule has 3 aromatic rings.